The number of hydrogen-bond donors (Lipinski definition) is 3. The van der Waals surface area contributed by atoms with E-state index < -0.39 is 12.0 Å². The largest absolute Gasteiger partial charge is 0.465 e. The zero-order valence-electron chi connectivity index (χ0n) is 13.5. The fourth-order valence-electron chi connectivity index (χ4n) is 2.54. The minimum atomic E-state index is -0.649. The first-order valence-corrected chi connectivity index (χ1v) is 7.71. The monoisotopic (exact) mass is 339 g/mol. The first-order valence-electron chi connectivity index (χ1n) is 7.71. The Morgan fingerprint density at radius 2 is 1.76 bits per heavy atom. The maximum atomic E-state index is 12.2. The number of fused-ring (bicyclic) bond motifs is 1. The highest BCUT2D eigenvalue weighted by Crippen LogP contribution is 2.26. The summed E-state index contributed by atoms with van der Waals surface area (Å²) in [5, 5.41) is 8.54. The van der Waals surface area contributed by atoms with Crippen molar-refractivity contribution in [1.29, 1.82) is 0 Å². The lowest BCUT2D eigenvalue weighted by atomic mass is 10.1. The van der Waals surface area contributed by atoms with E-state index in [-0.39, 0.29) is 18.2 Å². The molecule has 2 amide bonds. The van der Waals surface area contributed by atoms with E-state index in [0.717, 1.165) is 5.69 Å². The predicted molar refractivity (Wildman–Crippen MR) is 93.5 cm³/mol. The van der Waals surface area contributed by atoms with Gasteiger partial charge in [0, 0.05) is 5.69 Å². The molecule has 0 saturated carbocycles. The van der Waals surface area contributed by atoms with E-state index in [1.807, 2.05) is 18.2 Å². The Kier molecular flexibility index (Phi) is 4.65. The SMILES string of the molecule is COC(=O)c1ccc(NC(=O)CC2Nc3ccccc3NC2=O)cc1. The standard InChI is InChI=1S/C18H17N3O4/c1-25-18(24)11-6-8-12(9-7-11)19-16(22)10-15-17(23)21-14-5-3-2-4-13(14)20-15/h2-9,15,20H,10H2,1H3,(H,19,22)(H,21,23). The maximum Gasteiger partial charge on any atom is 0.337 e. The summed E-state index contributed by atoms with van der Waals surface area (Å²) in [5.41, 5.74) is 2.41. The third-order valence-corrected chi connectivity index (χ3v) is 3.81. The quantitative estimate of drug-likeness (QED) is 0.742. The molecule has 1 aliphatic rings. The summed E-state index contributed by atoms with van der Waals surface area (Å²) in [6.45, 7) is 0. The highest BCUT2D eigenvalue weighted by molar-refractivity contribution is 6.06. The molecule has 25 heavy (non-hydrogen) atoms. The molecule has 3 rings (SSSR count). The van der Waals surface area contributed by atoms with Gasteiger partial charge in [-0.15, -0.1) is 0 Å². The van der Waals surface area contributed by atoms with Gasteiger partial charge in [-0.25, -0.2) is 4.79 Å². The number of carbonyl (C=O) groups excluding carboxylic acids is 3. The molecule has 7 nitrogen and oxygen atoms in total. The van der Waals surface area contributed by atoms with Crippen LogP contribution in [0.2, 0.25) is 0 Å². The summed E-state index contributed by atoms with van der Waals surface area (Å²) in [4.78, 5) is 35.7. The van der Waals surface area contributed by atoms with Gasteiger partial charge in [-0.2, -0.15) is 0 Å². The molecule has 2 aromatic rings. The number of methoxy groups -OCH3 is 1. The van der Waals surface area contributed by atoms with Crippen molar-refractivity contribution in [2.75, 3.05) is 23.1 Å². The van der Waals surface area contributed by atoms with Crippen molar-refractivity contribution >= 4 is 34.8 Å². The molecule has 0 bridgehead atoms. The molecule has 1 unspecified atom stereocenters. The second kappa shape index (κ2) is 7.04. The van der Waals surface area contributed by atoms with Gasteiger partial charge in [-0.3, -0.25) is 9.59 Å². The number of rotatable bonds is 4. The van der Waals surface area contributed by atoms with E-state index in [2.05, 4.69) is 20.7 Å². The van der Waals surface area contributed by atoms with Crippen molar-refractivity contribution in [3.8, 4) is 0 Å². The lowest BCUT2D eigenvalue weighted by Gasteiger charge is -2.26. The van der Waals surface area contributed by atoms with Gasteiger partial charge in [-0.05, 0) is 36.4 Å². The van der Waals surface area contributed by atoms with Gasteiger partial charge in [0.2, 0.25) is 11.8 Å². The normalized spacial score (nSPS) is 15.4. The van der Waals surface area contributed by atoms with Crippen molar-refractivity contribution in [2.24, 2.45) is 0 Å². The van der Waals surface area contributed by atoms with Crippen LogP contribution in [-0.4, -0.2) is 30.9 Å². The summed E-state index contributed by atoms with van der Waals surface area (Å²) in [6, 6.07) is 13.0. The third-order valence-electron chi connectivity index (χ3n) is 3.81. The van der Waals surface area contributed by atoms with E-state index in [0.29, 0.717) is 16.9 Å². The Morgan fingerprint density at radius 1 is 1.08 bits per heavy atom. The molecule has 1 atom stereocenters. The smallest absolute Gasteiger partial charge is 0.337 e. The van der Waals surface area contributed by atoms with Crippen LogP contribution < -0.4 is 16.0 Å². The lowest BCUT2D eigenvalue weighted by Crippen LogP contribution is -2.41. The van der Waals surface area contributed by atoms with Crippen LogP contribution in [0.15, 0.2) is 48.5 Å². The van der Waals surface area contributed by atoms with Crippen LogP contribution >= 0.6 is 0 Å². The number of nitrogens with one attached hydrogen (secondary N) is 3. The molecule has 128 valence electrons. The van der Waals surface area contributed by atoms with E-state index in [1.165, 1.54) is 7.11 Å². The van der Waals surface area contributed by atoms with Crippen molar-refractivity contribution in [3.63, 3.8) is 0 Å². The summed E-state index contributed by atoms with van der Waals surface area (Å²) >= 11 is 0. The molecule has 0 saturated heterocycles. The van der Waals surface area contributed by atoms with Gasteiger partial charge in [0.25, 0.3) is 0 Å². The fraction of sp³-hybridized carbons (Fsp3) is 0.167. The highest BCUT2D eigenvalue weighted by atomic mass is 16.5. The average Bonchev–Trinajstić information content (AvgIpc) is 2.62. The number of carbonyl (C=O) groups is 3. The number of ether oxygens (including phenoxy) is 1. The summed E-state index contributed by atoms with van der Waals surface area (Å²) in [6.07, 6.45) is -0.0150. The third kappa shape index (κ3) is 3.77. The van der Waals surface area contributed by atoms with Crippen molar-refractivity contribution in [2.45, 2.75) is 12.5 Å². The summed E-state index contributed by atoms with van der Waals surface area (Å²) < 4.78 is 4.62. The highest BCUT2D eigenvalue weighted by Gasteiger charge is 2.27. The molecule has 7 heteroatoms. The molecular formula is C18H17N3O4. The molecule has 0 aromatic heterocycles. The van der Waals surface area contributed by atoms with Crippen LogP contribution in [0, 0.1) is 0 Å². The predicted octanol–water partition coefficient (Wildman–Crippen LogP) is 2.23. The number of para-hydroxylation sites is 2. The van der Waals surface area contributed by atoms with Crippen molar-refractivity contribution < 1.29 is 19.1 Å². The Balaban J connectivity index is 1.61. The van der Waals surface area contributed by atoms with Crippen LogP contribution in [0.3, 0.4) is 0 Å². The van der Waals surface area contributed by atoms with E-state index in [9.17, 15) is 14.4 Å². The van der Waals surface area contributed by atoms with Gasteiger partial charge < -0.3 is 20.7 Å². The minimum absolute atomic E-state index is 0.0150. The number of esters is 1. The van der Waals surface area contributed by atoms with Gasteiger partial charge in [0.05, 0.1) is 30.5 Å². The molecule has 1 heterocycles. The van der Waals surface area contributed by atoms with Crippen LogP contribution in [0.4, 0.5) is 17.1 Å². The van der Waals surface area contributed by atoms with Crippen molar-refractivity contribution in [1.82, 2.24) is 0 Å². The molecule has 0 spiro atoms. The zero-order valence-corrected chi connectivity index (χ0v) is 13.5. The van der Waals surface area contributed by atoms with Crippen LogP contribution in [-0.2, 0) is 14.3 Å². The second-order valence-electron chi connectivity index (χ2n) is 5.55. The number of anilines is 3. The summed E-state index contributed by atoms with van der Waals surface area (Å²) in [7, 11) is 1.30. The fourth-order valence-corrected chi connectivity index (χ4v) is 2.54. The molecule has 0 aliphatic carbocycles. The van der Waals surface area contributed by atoms with Gasteiger partial charge in [-0.1, -0.05) is 12.1 Å². The number of amides is 2. The molecular weight excluding hydrogens is 322 g/mol. The van der Waals surface area contributed by atoms with Crippen LogP contribution in [0.5, 0.6) is 0 Å². The molecule has 0 fully saturated rings. The van der Waals surface area contributed by atoms with Gasteiger partial charge >= 0.3 is 5.97 Å². The molecule has 2 aromatic carbocycles. The Labute approximate surface area is 144 Å². The average molecular weight is 339 g/mol. The molecule has 1 aliphatic heterocycles. The summed E-state index contributed by atoms with van der Waals surface area (Å²) in [5.74, 6) is -1.01. The zero-order chi connectivity index (χ0) is 17.8. The molecule has 0 radical (unpaired) electrons. The minimum Gasteiger partial charge on any atom is -0.465 e. The maximum absolute atomic E-state index is 12.2. The lowest BCUT2D eigenvalue weighted by molar-refractivity contribution is -0.122. The number of benzene rings is 2. The number of hydrogen-bond acceptors (Lipinski definition) is 5. The van der Waals surface area contributed by atoms with E-state index in [1.54, 1.807) is 30.3 Å². The molecule has 3 N–H and O–H groups in total. The Morgan fingerprint density at radius 3 is 2.44 bits per heavy atom. The van der Waals surface area contributed by atoms with Crippen LogP contribution in [0.25, 0.3) is 0 Å². The topological polar surface area (TPSA) is 96.5 Å². The van der Waals surface area contributed by atoms with E-state index in [4.69, 9.17) is 0 Å². The van der Waals surface area contributed by atoms with Crippen molar-refractivity contribution in [3.05, 3.63) is 54.1 Å². The Hall–Kier alpha value is -3.35. The van der Waals surface area contributed by atoms with Gasteiger partial charge in [0.15, 0.2) is 0 Å². The Bertz CT molecular complexity index is 817. The first kappa shape index (κ1) is 16.5. The van der Waals surface area contributed by atoms with E-state index >= 15 is 0 Å². The first-order chi connectivity index (χ1) is 12.1. The van der Waals surface area contributed by atoms with Gasteiger partial charge in [0.1, 0.15) is 6.04 Å². The second-order valence-corrected chi connectivity index (χ2v) is 5.55. The van der Waals surface area contributed by atoms with Crippen LogP contribution in [0.1, 0.15) is 16.8 Å².